The molecule has 2 aromatic rings. The number of nitrogens with one attached hydrogen (secondary N) is 3. The summed E-state index contributed by atoms with van der Waals surface area (Å²) in [7, 11) is 0. The third-order valence-electron chi connectivity index (χ3n) is 3.87. The molecule has 0 unspecified atom stereocenters. The summed E-state index contributed by atoms with van der Waals surface area (Å²) in [4.78, 5) is 16.1. The first-order valence-electron chi connectivity index (χ1n) is 7.96. The number of ether oxygens (including phenoxy) is 1. The number of pyridine rings is 1. The number of amides is 1. The summed E-state index contributed by atoms with van der Waals surface area (Å²) in [5.74, 6) is -0.138. The minimum Gasteiger partial charge on any atom is -0.439 e. The summed E-state index contributed by atoms with van der Waals surface area (Å²) >= 11 is 0. The number of aromatic nitrogens is 1. The van der Waals surface area contributed by atoms with Gasteiger partial charge in [0.25, 0.3) is 0 Å². The summed E-state index contributed by atoms with van der Waals surface area (Å²) in [6, 6.07) is 7.92. The van der Waals surface area contributed by atoms with Gasteiger partial charge in [-0.2, -0.15) is 13.2 Å². The third-order valence-corrected chi connectivity index (χ3v) is 3.87. The zero-order chi connectivity index (χ0) is 18.6. The second-order valence-electron chi connectivity index (χ2n) is 5.77. The molecule has 0 saturated carbocycles. The zero-order valence-corrected chi connectivity index (χ0v) is 13.6. The van der Waals surface area contributed by atoms with Crippen LogP contribution in [-0.2, 0) is 17.5 Å². The Morgan fingerprint density at radius 1 is 1.23 bits per heavy atom. The maximum Gasteiger partial charge on any atom is 0.416 e. The van der Waals surface area contributed by atoms with Crippen molar-refractivity contribution in [1.82, 2.24) is 21.2 Å². The number of rotatable bonds is 5. The standard InChI is InChI=1S/C17H17F3N4O2/c18-17(19,20)13-4-1-5-14(7-13)26-16-11(3-2-6-21-16)8-22-15(25)12-9-23-24-10-12/h1-7,12,23-24H,8-10H2,(H,22,25). The highest BCUT2D eigenvalue weighted by molar-refractivity contribution is 5.79. The van der Waals surface area contributed by atoms with Crippen LogP contribution in [0.5, 0.6) is 11.6 Å². The highest BCUT2D eigenvalue weighted by atomic mass is 19.4. The largest absolute Gasteiger partial charge is 0.439 e. The monoisotopic (exact) mass is 366 g/mol. The van der Waals surface area contributed by atoms with E-state index in [1.807, 2.05) is 0 Å². The Morgan fingerprint density at radius 3 is 2.73 bits per heavy atom. The van der Waals surface area contributed by atoms with E-state index in [0.29, 0.717) is 18.7 Å². The smallest absolute Gasteiger partial charge is 0.416 e. The molecule has 0 aliphatic carbocycles. The van der Waals surface area contributed by atoms with E-state index in [9.17, 15) is 18.0 Å². The van der Waals surface area contributed by atoms with Gasteiger partial charge in [-0.3, -0.25) is 15.6 Å². The van der Waals surface area contributed by atoms with Crippen molar-refractivity contribution >= 4 is 5.91 Å². The maximum atomic E-state index is 12.8. The normalized spacial score (nSPS) is 15.0. The van der Waals surface area contributed by atoms with Gasteiger partial charge in [0.1, 0.15) is 5.75 Å². The number of carbonyl (C=O) groups is 1. The van der Waals surface area contributed by atoms with Crippen LogP contribution in [0.3, 0.4) is 0 Å². The molecule has 138 valence electrons. The summed E-state index contributed by atoms with van der Waals surface area (Å²) in [6.45, 7) is 1.23. The molecule has 0 atom stereocenters. The molecule has 1 aromatic heterocycles. The van der Waals surface area contributed by atoms with Gasteiger partial charge in [0, 0.05) is 31.4 Å². The van der Waals surface area contributed by atoms with Gasteiger partial charge in [-0.1, -0.05) is 12.1 Å². The number of carbonyl (C=O) groups excluding carboxylic acids is 1. The predicted molar refractivity (Wildman–Crippen MR) is 87.1 cm³/mol. The van der Waals surface area contributed by atoms with Crippen molar-refractivity contribution in [3.8, 4) is 11.6 Å². The first-order chi connectivity index (χ1) is 12.4. The fourth-order valence-corrected chi connectivity index (χ4v) is 2.47. The molecule has 0 radical (unpaired) electrons. The quantitative estimate of drug-likeness (QED) is 0.757. The van der Waals surface area contributed by atoms with Gasteiger partial charge >= 0.3 is 6.18 Å². The van der Waals surface area contributed by atoms with Crippen molar-refractivity contribution < 1.29 is 22.7 Å². The first-order valence-corrected chi connectivity index (χ1v) is 7.96. The molecule has 9 heteroatoms. The lowest BCUT2D eigenvalue weighted by molar-refractivity contribution is -0.137. The Labute approximate surface area is 147 Å². The van der Waals surface area contributed by atoms with E-state index in [1.54, 1.807) is 12.1 Å². The summed E-state index contributed by atoms with van der Waals surface area (Å²) in [5, 5.41) is 2.78. The van der Waals surface area contributed by atoms with Gasteiger partial charge in [0.05, 0.1) is 11.5 Å². The van der Waals surface area contributed by atoms with Crippen LogP contribution in [0.15, 0.2) is 42.6 Å². The number of hydrogen-bond acceptors (Lipinski definition) is 5. The van der Waals surface area contributed by atoms with E-state index in [2.05, 4.69) is 21.2 Å². The lowest BCUT2D eigenvalue weighted by Crippen LogP contribution is -2.33. The predicted octanol–water partition coefficient (Wildman–Crippen LogP) is 2.23. The van der Waals surface area contributed by atoms with Gasteiger partial charge in [-0.15, -0.1) is 0 Å². The highest BCUT2D eigenvalue weighted by Gasteiger charge is 2.30. The Bertz CT molecular complexity index is 777. The minimum absolute atomic E-state index is 0.0234. The fraction of sp³-hybridized carbons (Fsp3) is 0.294. The van der Waals surface area contributed by atoms with Crippen molar-refractivity contribution in [1.29, 1.82) is 0 Å². The molecular weight excluding hydrogens is 349 g/mol. The number of hydrazine groups is 1. The van der Waals surface area contributed by atoms with Crippen LogP contribution < -0.4 is 20.9 Å². The van der Waals surface area contributed by atoms with Gasteiger partial charge in [0.15, 0.2) is 0 Å². The van der Waals surface area contributed by atoms with Gasteiger partial charge in [-0.25, -0.2) is 4.98 Å². The maximum absolute atomic E-state index is 12.8. The summed E-state index contributed by atoms with van der Waals surface area (Å²) in [5.41, 5.74) is 5.51. The van der Waals surface area contributed by atoms with Gasteiger partial charge in [-0.05, 0) is 24.3 Å². The van der Waals surface area contributed by atoms with Crippen LogP contribution in [0, 0.1) is 5.92 Å². The Kier molecular flexibility index (Phi) is 5.38. The average molecular weight is 366 g/mol. The molecule has 2 heterocycles. The van der Waals surface area contributed by atoms with Crippen molar-refractivity contribution in [2.75, 3.05) is 13.1 Å². The van der Waals surface area contributed by atoms with Gasteiger partial charge in [0.2, 0.25) is 11.8 Å². The first kappa shape index (κ1) is 18.2. The number of benzene rings is 1. The van der Waals surface area contributed by atoms with Crippen LogP contribution in [0.25, 0.3) is 0 Å². The van der Waals surface area contributed by atoms with Crippen molar-refractivity contribution in [3.05, 3.63) is 53.7 Å². The summed E-state index contributed by atoms with van der Waals surface area (Å²) in [6.07, 6.45) is -2.98. The molecule has 1 saturated heterocycles. The van der Waals surface area contributed by atoms with Gasteiger partial charge < -0.3 is 10.1 Å². The third kappa shape index (κ3) is 4.50. The molecule has 0 bridgehead atoms. The average Bonchev–Trinajstić information content (AvgIpc) is 3.15. The highest BCUT2D eigenvalue weighted by Crippen LogP contribution is 2.32. The van der Waals surface area contributed by atoms with E-state index in [0.717, 1.165) is 12.1 Å². The van der Waals surface area contributed by atoms with Crippen LogP contribution in [-0.4, -0.2) is 24.0 Å². The molecule has 26 heavy (non-hydrogen) atoms. The van der Waals surface area contributed by atoms with E-state index in [1.165, 1.54) is 18.3 Å². The molecule has 3 N–H and O–H groups in total. The van der Waals surface area contributed by atoms with Crippen LogP contribution >= 0.6 is 0 Å². The molecule has 1 aliphatic heterocycles. The Hall–Kier alpha value is -2.65. The molecule has 1 amide bonds. The molecule has 1 aromatic carbocycles. The second-order valence-corrected chi connectivity index (χ2v) is 5.77. The minimum atomic E-state index is -4.45. The topological polar surface area (TPSA) is 75.3 Å². The van der Waals surface area contributed by atoms with Crippen molar-refractivity contribution in [2.24, 2.45) is 5.92 Å². The molecule has 1 fully saturated rings. The van der Waals surface area contributed by atoms with Crippen LogP contribution in [0.2, 0.25) is 0 Å². The number of alkyl halides is 3. The molecule has 6 nitrogen and oxygen atoms in total. The van der Waals surface area contributed by atoms with E-state index >= 15 is 0 Å². The molecular formula is C17H17F3N4O2. The second kappa shape index (κ2) is 7.71. The van der Waals surface area contributed by atoms with Crippen molar-refractivity contribution in [3.63, 3.8) is 0 Å². The van der Waals surface area contributed by atoms with E-state index < -0.39 is 11.7 Å². The fourth-order valence-electron chi connectivity index (χ4n) is 2.47. The van der Waals surface area contributed by atoms with E-state index in [-0.39, 0.29) is 30.0 Å². The summed E-state index contributed by atoms with van der Waals surface area (Å²) < 4.78 is 44.0. The van der Waals surface area contributed by atoms with Crippen molar-refractivity contribution in [2.45, 2.75) is 12.7 Å². The molecule has 3 rings (SSSR count). The van der Waals surface area contributed by atoms with E-state index in [4.69, 9.17) is 4.74 Å². The van der Waals surface area contributed by atoms with Crippen LogP contribution in [0.4, 0.5) is 13.2 Å². The SMILES string of the molecule is O=C(NCc1cccnc1Oc1cccc(C(F)(F)F)c1)C1CNNC1. The Morgan fingerprint density at radius 2 is 2.00 bits per heavy atom. The molecule has 1 aliphatic rings. The zero-order valence-electron chi connectivity index (χ0n) is 13.6. The Balaban J connectivity index is 1.70. The lowest BCUT2D eigenvalue weighted by Gasteiger charge is -2.13. The lowest BCUT2D eigenvalue weighted by atomic mass is 10.1. The number of hydrogen-bond donors (Lipinski definition) is 3. The number of nitrogens with zero attached hydrogens (tertiary/aromatic N) is 1. The molecule has 0 spiro atoms. The van der Waals surface area contributed by atoms with Crippen LogP contribution in [0.1, 0.15) is 11.1 Å². The number of halogens is 3.